The monoisotopic (exact) mass is 253 g/mol. The highest BCUT2D eigenvalue weighted by Crippen LogP contribution is 2.38. The molecule has 1 aliphatic heterocycles. The van der Waals surface area contributed by atoms with Gasteiger partial charge in [0.1, 0.15) is 0 Å². The standard InChI is InChI=1S/C15H27NO2/c1-15(2)7-5-12(6-8-15)10-16-9-3-4-13(11-16)14(17)18/h12-13H,3-11H2,1-2H3,(H,17,18). The van der Waals surface area contributed by atoms with Crippen LogP contribution in [0, 0.1) is 17.3 Å². The molecule has 3 nitrogen and oxygen atoms in total. The van der Waals surface area contributed by atoms with Crippen molar-refractivity contribution in [3.63, 3.8) is 0 Å². The molecule has 1 N–H and O–H groups in total. The van der Waals surface area contributed by atoms with Crippen LogP contribution in [0.5, 0.6) is 0 Å². The van der Waals surface area contributed by atoms with Crippen LogP contribution >= 0.6 is 0 Å². The summed E-state index contributed by atoms with van der Waals surface area (Å²) in [5, 5.41) is 9.10. The van der Waals surface area contributed by atoms with E-state index in [4.69, 9.17) is 5.11 Å². The van der Waals surface area contributed by atoms with Gasteiger partial charge in [-0.15, -0.1) is 0 Å². The first-order valence-electron chi connectivity index (χ1n) is 7.41. The number of carboxylic acid groups (broad SMARTS) is 1. The maximum Gasteiger partial charge on any atom is 0.307 e. The second kappa shape index (κ2) is 5.60. The number of rotatable bonds is 3. The minimum absolute atomic E-state index is 0.126. The first-order valence-corrected chi connectivity index (χ1v) is 7.41. The van der Waals surface area contributed by atoms with E-state index in [1.54, 1.807) is 0 Å². The van der Waals surface area contributed by atoms with Crippen molar-refractivity contribution in [2.45, 2.75) is 52.4 Å². The van der Waals surface area contributed by atoms with Gasteiger partial charge in [0.05, 0.1) is 5.92 Å². The maximum atomic E-state index is 11.1. The molecule has 104 valence electrons. The summed E-state index contributed by atoms with van der Waals surface area (Å²) >= 11 is 0. The minimum atomic E-state index is -0.607. The van der Waals surface area contributed by atoms with E-state index in [1.807, 2.05) is 0 Å². The Hall–Kier alpha value is -0.570. The lowest BCUT2D eigenvalue weighted by atomic mass is 9.73. The molecular formula is C15H27NO2. The second-order valence-electron chi connectivity index (χ2n) is 7.04. The molecule has 0 bridgehead atoms. The van der Waals surface area contributed by atoms with Crippen molar-refractivity contribution in [2.24, 2.45) is 17.3 Å². The Morgan fingerprint density at radius 1 is 1.28 bits per heavy atom. The fraction of sp³-hybridized carbons (Fsp3) is 0.933. The summed E-state index contributed by atoms with van der Waals surface area (Å²) < 4.78 is 0. The highest BCUT2D eigenvalue weighted by Gasteiger charge is 2.30. The Bertz CT molecular complexity index is 291. The third-order valence-electron chi connectivity index (χ3n) is 4.83. The van der Waals surface area contributed by atoms with Crippen LogP contribution in [0.25, 0.3) is 0 Å². The Kier molecular flexibility index (Phi) is 4.31. The van der Waals surface area contributed by atoms with Crippen LogP contribution in [-0.2, 0) is 4.79 Å². The number of likely N-dealkylation sites (tertiary alicyclic amines) is 1. The summed E-state index contributed by atoms with van der Waals surface area (Å²) in [4.78, 5) is 13.4. The number of hydrogen-bond acceptors (Lipinski definition) is 2. The van der Waals surface area contributed by atoms with Crippen LogP contribution in [-0.4, -0.2) is 35.6 Å². The van der Waals surface area contributed by atoms with Crippen LogP contribution < -0.4 is 0 Å². The van der Waals surface area contributed by atoms with Gasteiger partial charge in [0, 0.05) is 13.1 Å². The quantitative estimate of drug-likeness (QED) is 0.840. The number of aliphatic carboxylic acids is 1. The predicted molar refractivity (Wildman–Crippen MR) is 72.5 cm³/mol. The molecule has 2 aliphatic rings. The molecule has 0 aromatic heterocycles. The summed E-state index contributed by atoms with van der Waals surface area (Å²) in [6.07, 6.45) is 7.21. The van der Waals surface area contributed by atoms with Crippen molar-refractivity contribution in [1.29, 1.82) is 0 Å². The molecule has 3 heteroatoms. The van der Waals surface area contributed by atoms with Gasteiger partial charge in [0.2, 0.25) is 0 Å². The summed E-state index contributed by atoms with van der Waals surface area (Å²) in [5.41, 5.74) is 0.530. The summed E-state index contributed by atoms with van der Waals surface area (Å²) in [7, 11) is 0. The zero-order chi connectivity index (χ0) is 13.2. The molecule has 1 unspecified atom stereocenters. The highest BCUT2D eigenvalue weighted by molar-refractivity contribution is 5.70. The molecular weight excluding hydrogens is 226 g/mol. The lowest BCUT2D eigenvalue weighted by Gasteiger charge is -2.38. The third-order valence-corrected chi connectivity index (χ3v) is 4.83. The van der Waals surface area contributed by atoms with Gasteiger partial charge in [-0.2, -0.15) is 0 Å². The SMILES string of the molecule is CC1(C)CCC(CN2CCCC(C(=O)O)C2)CC1. The van der Waals surface area contributed by atoms with Gasteiger partial charge >= 0.3 is 5.97 Å². The van der Waals surface area contributed by atoms with Gasteiger partial charge < -0.3 is 10.0 Å². The van der Waals surface area contributed by atoms with E-state index in [2.05, 4.69) is 18.7 Å². The van der Waals surface area contributed by atoms with Crippen molar-refractivity contribution in [3.8, 4) is 0 Å². The summed E-state index contributed by atoms with van der Waals surface area (Å²) in [6, 6.07) is 0. The molecule has 1 saturated carbocycles. The molecule has 2 rings (SSSR count). The smallest absolute Gasteiger partial charge is 0.307 e. The first-order chi connectivity index (χ1) is 8.46. The molecule has 0 radical (unpaired) electrons. The van der Waals surface area contributed by atoms with E-state index < -0.39 is 5.97 Å². The molecule has 18 heavy (non-hydrogen) atoms. The Morgan fingerprint density at radius 3 is 2.56 bits per heavy atom. The van der Waals surface area contributed by atoms with Crippen LogP contribution in [0.1, 0.15) is 52.4 Å². The average Bonchev–Trinajstić information content (AvgIpc) is 2.32. The number of nitrogens with zero attached hydrogens (tertiary/aromatic N) is 1. The lowest BCUT2D eigenvalue weighted by molar-refractivity contribution is -0.143. The van der Waals surface area contributed by atoms with E-state index in [1.165, 1.54) is 25.7 Å². The Morgan fingerprint density at radius 2 is 1.94 bits per heavy atom. The van der Waals surface area contributed by atoms with Gasteiger partial charge in [-0.3, -0.25) is 4.79 Å². The van der Waals surface area contributed by atoms with E-state index in [9.17, 15) is 4.79 Å². The third kappa shape index (κ3) is 3.71. The molecule has 2 fully saturated rings. The van der Waals surface area contributed by atoms with E-state index in [0.717, 1.165) is 38.4 Å². The van der Waals surface area contributed by atoms with E-state index in [0.29, 0.717) is 5.41 Å². The van der Waals surface area contributed by atoms with Crippen LogP contribution in [0.2, 0.25) is 0 Å². The normalized spacial score (nSPS) is 30.2. The molecule has 0 spiro atoms. The van der Waals surface area contributed by atoms with Crippen molar-refractivity contribution < 1.29 is 9.90 Å². The van der Waals surface area contributed by atoms with Gasteiger partial charge in [-0.25, -0.2) is 0 Å². The topological polar surface area (TPSA) is 40.5 Å². The average molecular weight is 253 g/mol. The molecule has 0 amide bonds. The fourth-order valence-electron chi connectivity index (χ4n) is 3.43. The van der Waals surface area contributed by atoms with Crippen LogP contribution in [0.3, 0.4) is 0 Å². The van der Waals surface area contributed by atoms with Crippen molar-refractivity contribution >= 4 is 5.97 Å². The van der Waals surface area contributed by atoms with Gasteiger partial charge in [0.25, 0.3) is 0 Å². The Labute approximate surface area is 111 Å². The van der Waals surface area contributed by atoms with Gasteiger partial charge in [0.15, 0.2) is 0 Å². The molecule has 1 atom stereocenters. The Balaban J connectivity index is 1.78. The molecule has 0 aromatic rings. The largest absolute Gasteiger partial charge is 0.481 e. The maximum absolute atomic E-state index is 11.1. The zero-order valence-corrected chi connectivity index (χ0v) is 11.8. The fourth-order valence-corrected chi connectivity index (χ4v) is 3.43. The van der Waals surface area contributed by atoms with Crippen molar-refractivity contribution in [1.82, 2.24) is 4.90 Å². The number of piperidine rings is 1. The highest BCUT2D eigenvalue weighted by atomic mass is 16.4. The van der Waals surface area contributed by atoms with Crippen molar-refractivity contribution in [3.05, 3.63) is 0 Å². The van der Waals surface area contributed by atoms with Gasteiger partial charge in [-0.05, 0) is 56.4 Å². The van der Waals surface area contributed by atoms with Gasteiger partial charge in [-0.1, -0.05) is 13.8 Å². The van der Waals surface area contributed by atoms with Crippen molar-refractivity contribution in [2.75, 3.05) is 19.6 Å². The zero-order valence-electron chi connectivity index (χ0n) is 11.8. The molecule has 1 aliphatic carbocycles. The minimum Gasteiger partial charge on any atom is -0.481 e. The summed E-state index contributed by atoms with van der Waals surface area (Å²) in [6.45, 7) is 7.73. The summed E-state index contributed by atoms with van der Waals surface area (Å²) in [5.74, 6) is 0.0637. The lowest BCUT2D eigenvalue weighted by Crippen LogP contribution is -2.42. The second-order valence-corrected chi connectivity index (χ2v) is 7.04. The number of carboxylic acids is 1. The van der Waals surface area contributed by atoms with Crippen LogP contribution in [0.15, 0.2) is 0 Å². The predicted octanol–water partition coefficient (Wildman–Crippen LogP) is 3.00. The van der Waals surface area contributed by atoms with Crippen LogP contribution in [0.4, 0.5) is 0 Å². The first kappa shape index (κ1) is 13.9. The molecule has 0 aromatic carbocycles. The number of hydrogen-bond donors (Lipinski definition) is 1. The molecule has 1 heterocycles. The van der Waals surface area contributed by atoms with E-state index >= 15 is 0 Å². The molecule has 1 saturated heterocycles. The number of carbonyl (C=O) groups is 1. The van der Waals surface area contributed by atoms with E-state index in [-0.39, 0.29) is 5.92 Å².